The zero-order valence-corrected chi connectivity index (χ0v) is 16.1. The summed E-state index contributed by atoms with van der Waals surface area (Å²) in [6, 6.07) is 13.0. The highest BCUT2D eigenvalue weighted by molar-refractivity contribution is 7.91. The molecule has 0 bridgehead atoms. The molecule has 8 heteroatoms. The van der Waals surface area contributed by atoms with Crippen molar-refractivity contribution in [1.29, 1.82) is 0 Å². The molecule has 0 aliphatic rings. The summed E-state index contributed by atoms with van der Waals surface area (Å²) in [6.07, 6.45) is 1.53. The molecule has 0 fully saturated rings. The van der Waals surface area contributed by atoms with Crippen LogP contribution in [-0.4, -0.2) is 35.7 Å². The van der Waals surface area contributed by atoms with E-state index >= 15 is 0 Å². The zero-order chi connectivity index (χ0) is 20.3. The highest BCUT2D eigenvalue weighted by Crippen LogP contribution is 2.27. The van der Waals surface area contributed by atoms with Crippen molar-refractivity contribution in [1.82, 2.24) is 4.57 Å². The van der Waals surface area contributed by atoms with Crippen LogP contribution < -0.4 is 5.32 Å². The SMILES string of the molecule is CCS(=O)(=O)c1ccc(O)c(NC(=O)CCC(=O)n2ccc3ccccc32)c1. The zero-order valence-electron chi connectivity index (χ0n) is 15.3. The lowest BCUT2D eigenvalue weighted by molar-refractivity contribution is -0.116. The van der Waals surface area contributed by atoms with Crippen LogP contribution >= 0.6 is 0 Å². The fourth-order valence-electron chi connectivity index (χ4n) is 2.83. The molecule has 1 heterocycles. The number of para-hydroxylation sites is 1. The lowest BCUT2D eigenvalue weighted by atomic mass is 10.2. The number of phenolic OH excluding ortho intramolecular Hbond substituents is 1. The van der Waals surface area contributed by atoms with E-state index in [1.807, 2.05) is 30.3 Å². The van der Waals surface area contributed by atoms with Crippen molar-refractivity contribution < 1.29 is 23.1 Å². The number of rotatable bonds is 6. The lowest BCUT2D eigenvalue weighted by Crippen LogP contribution is -2.16. The predicted molar refractivity (Wildman–Crippen MR) is 106 cm³/mol. The van der Waals surface area contributed by atoms with Crippen LogP contribution in [0.3, 0.4) is 0 Å². The molecule has 2 aromatic carbocycles. The van der Waals surface area contributed by atoms with Crippen molar-refractivity contribution in [3.63, 3.8) is 0 Å². The second-order valence-electron chi connectivity index (χ2n) is 6.27. The number of aromatic hydroxyl groups is 1. The van der Waals surface area contributed by atoms with Gasteiger partial charge in [0.1, 0.15) is 5.75 Å². The van der Waals surface area contributed by atoms with Gasteiger partial charge in [0.15, 0.2) is 9.84 Å². The molecule has 0 spiro atoms. The monoisotopic (exact) mass is 400 g/mol. The molecule has 146 valence electrons. The average Bonchev–Trinajstić information content (AvgIpc) is 3.12. The fraction of sp³-hybridized carbons (Fsp3) is 0.200. The fourth-order valence-corrected chi connectivity index (χ4v) is 3.74. The molecule has 3 aromatic rings. The lowest BCUT2D eigenvalue weighted by Gasteiger charge is -2.10. The summed E-state index contributed by atoms with van der Waals surface area (Å²) >= 11 is 0. The van der Waals surface area contributed by atoms with E-state index < -0.39 is 15.7 Å². The maximum absolute atomic E-state index is 12.4. The van der Waals surface area contributed by atoms with Crippen LogP contribution in [0.4, 0.5) is 5.69 Å². The Bertz CT molecular complexity index is 1150. The number of phenols is 1. The number of carbonyl (C=O) groups excluding carboxylic acids is 2. The average molecular weight is 400 g/mol. The Morgan fingerprint density at radius 3 is 2.57 bits per heavy atom. The first kappa shape index (κ1) is 19.6. The summed E-state index contributed by atoms with van der Waals surface area (Å²) in [7, 11) is -3.47. The second kappa shape index (κ2) is 7.85. The molecular formula is C20H20N2O5S. The second-order valence-corrected chi connectivity index (χ2v) is 8.55. The Morgan fingerprint density at radius 1 is 1.07 bits per heavy atom. The number of sulfone groups is 1. The molecule has 2 N–H and O–H groups in total. The third-order valence-corrected chi connectivity index (χ3v) is 6.15. The number of amides is 1. The number of aromatic nitrogens is 1. The van der Waals surface area contributed by atoms with Crippen molar-refractivity contribution >= 4 is 38.2 Å². The Hall–Kier alpha value is -3.13. The number of hydrogen-bond donors (Lipinski definition) is 2. The summed E-state index contributed by atoms with van der Waals surface area (Å²) < 4.78 is 25.4. The Morgan fingerprint density at radius 2 is 1.82 bits per heavy atom. The highest BCUT2D eigenvalue weighted by atomic mass is 32.2. The van der Waals surface area contributed by atoms with E-state index in [4.69, 9.17) is 0 Å². The van der Waals surface area contributed by atoms with Crippen molar-refractivity contribution in [2.75, 3.05) is 11.1 Å². The smallest absolute Gasteiger partial charge is 0.231 e. The maximum atomic E-state index is 12.4. The van der Waals surface area contributed by atoms with Gasteiger partial charge in [-0.05, 0) is 30.3 Å². The number of benzene rings is 2. The van der Waals surface area contributed by atoms with Crippen LogP contribution in [0.2, 0.25) is 0 Å². The summed E-state index contributed by atoms with van der Waals surface area (Å²) in [6.45, 7) is 1.51. The minimum Gasteiger partial charge on any atom is -0.506 e. The first-order valence-electron chi connectivity index (χ1n) is 8.77. The molecule has 0 aliphatic heterocycles. The summed E-state index contributed by atoms with van der Waals surface area (Å²) in [5.74, 6) is -1.06. The number of nitrogens with one attached hydrogen (secondary N) is 1. The number of carbonyl (C=O) groups is 2. The molecule has 3 rings (SSSR count). The summed E-state index contributed by atoms with van der Waals surface area (Å²) in [5, 5.41) is 13.3. The molecule has 28 heavy (non-hydrogen) atoms. The molecule has 0 aliphatic carbocycles. The predicted octanol–water partition coefficient (Wildman–Crippen LogP) is 3.20. The summed E-state index contributed by atoms with van der Waals surface area (Å²) in [5.41, 5.74) is 0.765. The molecule has 0 radical (unpaired) electrons. The molecule has 0 saturated heterocycles. The van der Waals surface area contributed by atoms with Gasteiger partial charge in [-0.25, -0.2) is 8.42 Å². The van der Waals surface area contributed by atoms with Gasteiger partial charge >= 0.3 is 0 Å². The van der Waals surface area contributed by atoms with Gasteiger partial charge in [-0.1, -0.05) is 25.1 Å². The molecule has 0 atom stereocenters. The summed E-state index contributed by atoms with van der Waals surface area (Å²) in [4.78, 5) is 24.6. The third-order valence-electron chi connectivity index (χ3n) is 4.42. The third kappa shape index (κ3) is 4.07. The maximum Gasteiger partial charge on any atom is 0.231 e. The Kier molecular flexibility index (Phi) is 5.51. The van der Waals surface area contributed by atoms with Crippen LogP contribution in [-0.2, 0) is 14.6 Å². The molecule has 1 amide bonds. The molecule has 7 nitrogen and oxygen atoms in total. The van der Waals surface area contributed by atoms with Gasteiger partial charge in [-0.3, -0.25) is 14.2 Å². The largest absolute Gasteiger partial charge is 0.506 e. The van der Waals surface area contributed by atoms with Gasteiger partial charge in [0, 0.05) is 24.4 Å². The van der Waals surface area contributed by atoms with Gasteiger partial charge in [0.25, 0.3) is 0 Å². The molecule has 0 saturated carbocycles. The number of hydrogen-bond acceptors (Lipinski definition) is 5. The number of anilines is 1. The molecule has 1 aromatic heterocycles. The minimum atomic E-state index is -3.47. The highest BCUT2D eigenvalue weighted by Gasteiger charge is 2.16. The minimum absolute atomic E-state index is 0.00149. The van der Waals surface area contributed by atoms with E-state index in [9.17, 15) is 23.1 Å². The topological polar surface area (TPSA) is 105 Å². The first-order chi connectivity index (χ1) is 13.3. The van der Waals surface area contributed by atoms with Crippen LogP contribution in [0.5, 0.6) is 5.75 Å². The Balaban J connectivity index is 1.68. The molecule has 0 unspecified atom stereocenters. The van der Waals surface area contributed by atoms with Crippen molar-refractivity contribution in [3.05, 3.63) is 54.7 Å². The standard InChI is InChI=1S/C20H20N2O5S/c1-2-28(26,27)15-7-8-18(23)16(13-15)21-19(24)9-10-20(25)22-12-11-14-5-3-4-6-17(14)22/h3-8,11-13,23H,2,9-10H2,1H3,(H,21,24). The van der Waals surface area contributed by atoms with E-state index in [2.05, 4.69) is 5.32 Å². The number of nitrogens with zero attached hydrogens (tertiary/aromatic N) is 1. The van der Waals surface area contributed by atoms with Crippen LogP contribution in [0, 0.1) is 0 Å². The first-order valence-corrected chi connectivity index (χ1v) is 10.4. The van der Waals surface area contributed by atoms with Gasteiger partial charge in [0.2, 0.25) is 11.8 Å². The van der Waals surface area contributed by atoms with Crippen LogP contribution in [0.25, 0.3) is 10.9 Å². The van der Waals surface area contributed by atoms with E-state index in [-0.39, 0.29) is 40.8 Å². The molecular weight excluding hydrogens is 380 g/mol. The quantitative estimate of drug-likeness (QED) is 0.618. The van der Waals surface area contributed by atoms with Crippen molar-refractivity contribution in [3.8, 4) is 5.75 Å². The van der Waals surface area contributed by atoms with E-state index in [0.717, 1.165) is 10.9 Å². The van der Waals surface area contributed by atoms with E-state index in [1.165, 1.54) is 29.7 Å². The van der Waals surface area contributed by atoms with Gasteiger partial charge in [-0.2, -0.15) is 0 Å². The van der Waals surface area contributed by atoms with E-state index in [0.29, 0.717) is 0 Å². The van der Waals surface area contributed by atoms with Gasteiger partial charge in [-0.15, -0.1) is 0 Å². The Labute approximate surface area is 162 Å². The van der Waals surface area contributed by atoms with E-state index in [1.54, 1.807) is 6.20 Å². The van der Waals surface area contributed by atoms with Crippen LogP contribution in [0.15, 0.2) is 59.6 Å². The normalized spacial score (nSPS) is 11.5. The van der Waals surface area contributed by atoms with Crippen LogP contribution in [0.1, 0.15) is 24.6 Å². The van der Waals surface area contributed by atoms with Crippen molar-refractivity contribution in [2.45, 2.75) is 24.7 Å². The van der Waals surface area contributed by atoms with Crippen molar-refractivity contribution in [2.24, 2.45) is 0 Å². The van der Waals surface area contributed by atoms with Gasteiger partial charge in [0.05, 0.1) is 21.9 Å². The van der Waals surface area contributed by atoms with Gasteiger partial charge < -0.3 is 10.4 Å². The number of fused-ring (bicyclic) bond motifs is 1.